The molecule has 32 heavy (non-hydrogen) atoms. The molecule has 5 aromatic rings. The molecule has 0 aliphatic carbocycles. The van der Waals surface area contributed by atoms with Crippen molar-refractivity contribution in [2.24, 2.45) is 0 Å². The van der Waals surface area contributed by atoms with Crippen LogP contribution in [0.3, 0.4) is 0 Å². The Labute approximate surface area is 187 Å². The minimum absolute atomic E-state index is 0.286. The minimum atomic E-state index is -0.286. The van der Waals surface area contributed by atoms with Gasteiger partial charge >= 0.3 is 0 Å². The molecule has 2 aromatic heterocycles. The van der Waals surface area contributed by atoms with E-state index in [-0.39, 0.29) is 5.82 Å². The number of methoxy groups -OCH3 is 1. The van der Waals surface area contributed by atoms with Crippen molar-refractivity contribution in [3.63, 3.8) is 0 Å². The summed E-state index contributed by atoms with van der Waals surface area (Å²) in [6, 6.07) is 21.6. The molecule has 0 aliphatic heterocycles. The number of hydrogen-bond donors (Lipinski definition) is 0. The summed E-state index contributed by atoms with van der Waals surface area (Å²) in [5, 5.41) is 15.6. The lowest BCUT2D eigenvalue weighted by Crippen LogP contribution is -1.94. The van der Waals surface area contributed by atoms with Gasteiger partial charge in [0, 0.05) is 21.9 Å². The Hall–Kier alpha value is -3.78. The topological polar surface area (TPSA) is 73.9 Å². The van der Waals surface area contributed by atoms with E-state index in [0.29, 0.717) is 23.2 Å². The summed E-state index contributed by atoms with van der Waals surface area (Å²) >= 11 is 1.47. The van der Waals surface area contributed by atoms with Gasteiger partial charge < -0.3 is 9.26 Å². The van der Waals surface area contributed by atoms with Crippen LogP contribution in [0.25, 0.3) is 33.4 Å². The Kier molecular flexibility index (Phi) is 5.51. The Balaban J connectivity index is 1.40. The summed E-state index contributed by atoms with van der Waals surface area (Å²) in [6.07, 6.45) is 0. The van der Waals surface area contributed by atoms with Crippen molar-refractivity contribution >= 4 is 22.5 Å². The molecule has 158 valence electrons. The molecule has 0 fully saturated rings. The predicted molar refractivity (Wildman–Crippen MR) is 121 cm³/mol. The van der Waals surface area contributed by atoms with E-state index in [1.54, 1.807) is 19.2 Å². The molecule has 8 heteroatoms. The number of aromatic nitrogens is 4. The molecule has 0 spiro atoms. The number of fused-ring (bicyclic) bond motifs is 1. The van der Waals surface area contributed by atoms with E-state index < -0.39 is 0 Å². The van der Waals surface area contributed by atoms with Crippen LogP contribution < -0.4 is 4.74 Å². The van der Waals surface area contributed by atoms with Crippen LogP contribution in [0.4, 0.5) is 4.39 Å². The lowest BCUT2D eigenvalue weighted by Gasteiger charge is -2.08. The van der Waals surface area contributed by atoms with Gasteiger partial charge in [0.05, 0.1) is 12.9 Å². The molecule has 0 bridgehead atoms. The SMILES string of the molecule is COc1cccc(-c2noc(CSc3nnc(-c4ccc(F)cc4)c4ccccc34)n2)c1. The highest BCUT2D eigenvalue weighted by Gasteiger charge is 2.14. The fraction of sp³-hybridized carbons (Fsp3) is 0.0833. The van der Waals surface area contributed by atoms with E-state index >= 15 is 0 Å². The largest absolute Gasteiger partial charge is 0.497 e. The molecule has 0 radical (unpaired) electrons. The molecular weight excluding hydrogens is 427 g/mol. The van der Waals surface area contributed by atoms with Gasteiger partial charge in [0.25, 0.3) is 0 Å². The summed E-state index contributed by atoms with van der Waals surface area (Å²) in [5.74, 6) is 1.88. The first-order valence-electron chi connectivity index (χ1n) is 9.82. The van der Waals surface area contributed by atoms with E-state index in [9.17, 15) is 4.39 Å². The number of rotatable bonds is 6. The third-order valence-corrected chi connectivity index (χ3v) is 5.87. The van der Waals surface area contributed by atoms with Crippen molar-refractivity contribution in [2.75, 3.05) is 7.11 Å². The first-order valence-corrected chi connectivity index (χ1v) is 10.8. The Morgan fingerprint density at radius 2 is 1.72 bits per heavy atom. The van der Waals surface area contributed by atoms with E-state index in [1.165, 1.54) is 23.9 Å². The van der Waals surface area contributed by atoms with Crippen molar-refractivity contribution in [1.82, 2.24) is 20.3 Å². The highest BCUT2D eigenvalue weighted by molar-refractivity contribution is 7.98. The molecule has 2 heterocycles. The normalized spacial score (nSPS) is 11.1. The third-order valence-electron chi connectivity index (χ3n) is 4.90. The van der Waals surface area contributed by atoms with Gasteiger partial charge in [-0.25, -0.2) is 4.39 Å². The Morgan fingerprint density at radius 3 is 2.53 bits per heavy atom. The Bertz CT molecular complexity index is 1390. The van der Waals surface area contributed by atoms with E-state index in [1.807, 2.05) is 48.5 Å². The zero-order valence-corrected chi connectivity index (χ0v) is 17.8. The van der Waals surface area contributed by atoms with Gasteiger partial charge in [-0.15, -0.1) is 10.2 Å². The van der Waals surface area contributed by atoms with Gasteiger partial charge in [0.1, 0.15) is 22.3 Å². The molecule has 0 aliphatic rings. The van der Waals surface area contributed by atoms with Gasteiger partial charge in [-0.3, -0.25) is 0 Å². The zero-order chi connectivity index (χ0) is 21.9. The molecule has 0 N–H and O–H groups in total. The highest BCUT2D eigenvalue weighted by Crippen LogP contribution is 2.33. The molecule has 6 nitrogen and oxygen atoms in total. The van der Waals surface area contributed by atoms with Crippen LogP contribution in [-0.2, 0) is 5.75 Å². The van der Waals surface area contributed by atoms with Crippen molar-refractivity contribution in [1.29, 1.82) is 0 Å². The van der Waals surface area contributed by atoms with Gasteiger partial charge in [-0.1, -0.05) is 53.3 Å². The van der Waals surface area contributed by atoms with E-state index in [4.69, 9.17) is 9.26 Å². The van der Waals surface area contributed by atoms with Crippen LogP contribution in [0.1, 0.15) is 5.89 Å². The summed E-state index contributed by atoms with van der Waals surface area (Å²) in [6.45, 7) is 0. The first kappa shape index (κ1) is 20.1. The fourth-order valence-electron chi connectivity index (χ4n) is 3.33. The molecule has 5 rings (SSSR count). The lowest BCUT2D eigenvalue weighted by molar-refractivity contribution is 0.391. The van der Waals surface area contributed by atoms with Crippen LogP contribution in [0.15, 0.2) is 82.3 Å². The molecule has 0 atom stereocenters. The second kappa shape index (κ2) is 8.76. The quantitative estimate of drug-likeness (QED) is 0.307. The van der Waals surface area contributed by atoms with Gasteiger partial charge in [-0.2, -0.15) is 4.98 Å². The average Bonchev–Trinajstić information content (AvgIpc) is 3.32. The summed E-state index contributed by atoms with van der Waals surface area (Å²) < 4.78 is 24.0. The number of ether oxygens (including phenoxy) is 1. The van der Waals surface area contributed by atoms with Crippen molar-refractivity contribution in [3.05, 3.63) is 84.5 Å². The lowest BCUT2D eigenvalue weighted by atomic mass is 10.1. The fourth-order valence-corrected chi connectivity index (χ4v) is 4.14. The van der Waals surface area contributed by atoms with Gasteiger partial charge in [-0.05, 0) is 36.4 Å². The van der Waals surface area contributed by atoms with Gasteiger partial charge in [0.15, 0.2) is 0 Å². The maximum Gasteiger partial charge on any atom is 0.237 e. The molecule has 3 aromatic carbocycles. The third kappa shape index (κ3) is 4.04. The number of benzene rings is 3. The molecule has 0 saturated heterocycles. The second-order valence-corrected chi connectivity index (χ2v) is 7.90. The van der Waals surface area contributed by atoms with Crippen molar-refractivity contribution in [2.45, 2.75) is 10.8 Å². The monoisotopic (exact) mass is 444 g/mol. The molecular formula is C24H17FN4O2S. The van der Waals surface area contributed by atoms with Crippen LogP contribution in [-0.4, -0.2) is 27.4 Å². The predicted octanol–water partition coefficient (Wildman–Crippen LogP) is 5.79. The van der Waals surface area contributed by atoms with Crippen molar-refractivity contribution in [3.8, 4) is 28.4 Å². The zero-order valence-electron chi connectivity index (χ0n) is 17.0. The maximum atomic E-state index is 13.3. The minimum Gasteiger partial charge on any atom is -0.497 e. The van der Waals surface area contributed by atoms with Crippen LogP contribution in [0.2, 0.25) is 0 Å². The van der Waals surface area contributed by atoms with Crippen LogP contribution >= 0.6 is 11.8 Å². The van der Waals surface area contributed by atoms with Crippen molar-refractivity contribution < 1.29 is 13.7 Å². The molecule has 0 amide bonds. The number of hydrogen-bond acceptors (Lipinski definition) is 7. The van der Waals surface area contributed by atoms with Crippen LogP contribution in [0.5, 0.6) is 5.75 Å². The number of thioether (sulfide) groups is 1. The standard InChI is InChI=1S/C24H17FN4O2S/c1-30-18-6-4-5-16(13-18)23-26-21(31-29-23)14-32-24-20-8-3-2-7-19(20)22(27-28-24)15-9-11-17(25)12-10-15/h2-13H,14H2,1H3. The maximum absolute atomic E-state index is 13.3. The van der Waals surface area contributed by atoms with Gasteiger partial charge in [0.2, 0.25) is 11.7 Å². The highest BCUT2D eigenvalue weighted by atomic mass is 32.2. The molecule has 0 unspecified atom stereocenters. The smallest absolute Gasteiger partial charge is 0.237 e. The molecule has 0 saturated carbocycles. The average molecular weight is 444 g/mol. The first-order chi connectivity index (χ1) is 15.7. The summed E-state index contributed by atoms with van der Waals surface area (Å²) in [5.41, 5.74) is 2.34. The van der Waals surface area contributed by atoms with E-state index in [0.717, 1.165) is 32.7 Å². The summed E-state index contributed by atoms with van der Waals surface area (Å²) in [4.78, 5) is 4.49. The number of halogens is 1. The number of nitrogens with zero attached hydrogens (tertiary/aromatic N) is 4. The van der Waals surface area contributed by atoms with E-state index in [2.05, 4.69) is 20.3 Å². The van der Waals surface area contributed by atoms with Crippen LogP contribution in [0, 0.1) is 5.82 Å². The second-order valence-electron chi connectivity index (χ2n) is 6.94. The Morgan fingerprint density at radius 1 is 0.906 bits per heavy atom. The summed E-state index contributed by atoms with van der Waals surface area (Å²) in [7, 11) is 1.62.